The number of hydrogen-bond donors (Lipinski definition) is 1. The molecule has 0 aliphatic carbocycles. The Morgan fingerprint density at radius 1 is 1.38 bits per heavy atom. The summed E-state index contributed by atoms with van der Waals surface area (Å²) < 4.78 is 5.08. The number of nitrogens with one attached hydrogen (secondary N) is 1. The number of hydrogen-bond acceptors (Lipinski definition) is 5. The van der Waals surface area contributed by atoms with Gasteiger partial charge in [0.25, 0.3) is 0 Å². The Bertz CT molecular complexity index is 866. The summed E-state index contributed by atoms with van der Waals surface area (Å²) in [6, 6.07) is 11.2. The minimum atomic E-state index is -0.500. The van der Waals surface area contributed by atoms with E-state index in [1.165, 1.54) is 24.8 Å². The van der Waals surface area contributed by atoms with Crippen LogP contribution in [0.4, 0.5) is 17.1 Å². The maximum absolute atomic E-state index is 12.6. The highest BCUT2D eigenvalue weighted by Crippen LogP contribution is 2.34. The fourth-order valence-corrected chi connectivity index (χ4v) is 3.33. The van der Waals surface area contributed by atoms with Gasteiger partial charge >= 0.3 is 5.69 Å². The van der Waals surface area contributed by atoms with Crippen molar-refractivity contribution in [3.8, 4) is 5.75 Å². The minimum Gasteiger partial charge on any atom is -0.490 e. The number of rotatable bonds is 5. The molecule has 0 radical (unpaired) electrons. The smallest absolute Gasteiger partial charge is 0.311 e. The Kier molecular flexibility index (Phi) is 4.79. The van der Waals surface area contributed by atoms with E-state index in [9.17, 15) is 14.9 Å². The van der Waals surface area contributed by atoms with E-state index in [0.29, 0.717) is 11.3 Å². The molecule has 26 heavy (non-hydrogen) atoms. The summed E-state index contributed by atoms with van der Waals surface area (Å²) in [5.74, 6) is -0.0525. The molecule has 1 heterocycles. The van der Waals surface area contributed by atoms with Crippen LogP contribution < -0.4 is 15.0 Å². The summed E-state index contributed by atoms with van der Waals surface area (Å²) in [4.78, 5) is 25.2. The van der Waals surface area contributed by atoms with Gasteiger partial charge in [0.2, 0.25) is 5.91 Å². The van der Waals surface area contributed by atoms with Crippen LogP contribution in [0.2, 0.25) is 0 Å². The van der Waals surface area contributed by atoms with Crippen molar-refractivity contribution in [2.24, 2.45) is 0 Å². The molecule has 0 aromatic heterocycles. The third-order valence-electron chi connectivity index (χ3n) is 4.66. The van der Waals surface area contributed by atoms with Gasteiger partial charge in [0.05, 0.1) is 18.6 Å². The van der Waals surface area contributed by atoms with Gasteiger partial charge in [-0.2, -0.15) is 0 Å². The second-order valence-electron chi connectivity index (χ2n) is 6.45. The molecule has 2 aromatic carbocycles. The first-order valence-electron chi connectivity index (χ1n) is 8.38. The average molecular weight is 355 g/mol. The average Bonchev–Trinajstić information content (AvgIpc) is 2.91. The number of para-hydroxylation sites is 1. The van der Waals surface area contributed by atoms with E-state index in [1.54, 1.807) is 6.92 Å². The van der Waals surface area contributed by atoms with Gasteiger partial charge in [-0.1, -0.05) is 18.2 Å². The number of benzene rings is 2. The molecule has 0 bridgehead atoms. The van der Waals surface area contributed by atoms with Gasteiger partial charge in [0.1, 0.15) is 0 Å². The lowest BCUT2D eigenvalue weighted by Gasteiger charge is -2.24. The highest BCUT2D eigenvalue weighted by molar-refractivity contribution is 5.95. The number of nitrogens with zero attached hydrogens (tertiary/aromatic N) is 2. The van der Waals surface area contributed by atoms with Crippen LogP contribution in [-0.4, -0.2) is 30.5 Å². The van der Waals surface area contributed by atoms with Crippen LogP contribution >= 0.6 is 0 Å². The Morgan fingerprint density at radius 3 is 2.81 bits per heavy atom. The zero-order valence-corrected chi connectivity index (χ0v) is 15.0. The Hall–Kier alpha value is -3.09. The number of carbonyl (C=O) groups is 1. The van der Waals surface area contributed by atoms with Gasteiger partial charge in [0, 0.05) is 29.5 Å². The third kappa shape index (κ3) is 3.33. The van der Waals surface area contributed by atoms with E-state index in [0.717, 1.165) is 12.1 Å². The molecule has 136 valence electrons. The predicted molar refractivity (Wildman–Crippen MR) is 100.0 cm³/mol. The number of carbonyl (C=O) groups excluding carboxylic acids is 1. The summed E-state index contributed by atoms with van der Waals surface area (Å²) in [5, 5.41) is 13.9. The number of nitro benzene ring substituents is 1. The minimum absolute atomic E-state index is 0.120. The van der Waals surface area contributed by atoms with Crippen molar-refractivity contribution < 1.29 is 14.5 Å². The first-order chi connectivity index (χ1) is 12.4. The van der Waals surface area contributed by atoms with Gasteiger partial charge in [-0.25, -0.2) is 0 Å². The highest BCUT2D eigenvalue weighted by atomic mass is 16.6. The zero-order valence-electron chi connectivity index (χ0n) is 15.0. The Labute approximate surface area is 151 Å². The number of ether oxygens (including phenoxy) is 1. The van der Waals surface area contributed by atoms with Crippen LogP contribution in [0.1, 0.15) is 18.1 Å². The lowest BCUT2D eigenvalue weighted by Crippen LogP contribution is -2.37. The number of amides is 1. The molecular weight excluding hydrogens is 334 g/mol. The number of fused-ring (bicyclic) bond motifs is 1. The molecule has 1 N–H and O–H groups in total. The van der Waals surface area contributed by atoms with Crippen LogP contribution in [-0.2, 0) is 11.2 Å². The molecule has 2 aromatic rings. The number of nitro groups is 1. The molecule has 3 rings (SSSR count). The van der Waals surface area contributed by atoms with Crippen molar-refractivity contribution in [2.75, 3.05) is 23.9 Å². The molecule has 1 aliphatic rings. The lowest BCUT2D eigenvalue weighted by atomic mass is 10.1. The molecule has 1 amide bonds. The first-order valence-corrected chi connectivity index (χ1v) is 8.38. The largest absolute Gasteiger partial charge is 0.490 e. The quantitative estimate of drug-likeness (QED) is 0.657. The highest BCUT2D eigenvalue weighted by Gasteiger charge is 2.27. The number of anilines is 2. The summed E-state index contributed by atoms with van der Waals surface area (Å²) in [5.41, 5.74) is 3.32. The molecular formula is C19H21N3O4. The molecule has 0 unspecified atom stereocenters. The van der Waals surface area contributed by atoms with E-state index < -0.39 is 4.92 Å². The number of methoxy groups -OCH3 is 1. The molecule has 0 saturated carbocycles. The van der Waals surface area contributed by atoms with Crippen molar-refractivity contribution in [2.45, 2.75) is 26.3 Å². The van der Waals surface area contributed by atoms with Crippen molar-refractivity contribution in [3.05, 3.63) is 57.6 Å². The van der Waals surface area contributed by atoms with E-state index >= 15 is 0 Å². The summed E-state index contributed by atoms with van der Waals surface area (Å²) in [7, 11) is 1.37. The SMILES string of the molecule is COc1cc(NC(=O)CN2c3ccccc3C[C@H]2C)c(C)cc1[N+](=O)[O-]. The lowest BCUT2D eigenvalue weighted by molar-refractivity contribution is -0.385. The fraction of sp³-hybridized carbons (Fsp3) is 0.316. The van der Waals surface area contributed by atoms with Gasteiger partial charge < -0.3 is 15.0 Å². The van der Waals surface area contributed by atoms with E-state index in [4.69, 9.17) is 4.74 Å². The van der Waals surface area contributed by atoms with Crippen molar-refractivity contribution in [1.29, 1.82) is 0 Å². The van der Waals surface area contributed by atoms with Crippen LogP contribution in [0.15, 0.2) is 36.4 Å². The zero-order chi connectivity index (χ0) is 18.8. The summed E-state index contributed by atoms with van der Waals surface area (Å²) in [6.45, 7) is 4.03. The second kappa shape index (κ2) is 7.03. The monoisotopic (exact) mass is 355 g/mol. The van der Waals surface area contributed by atoms with E-state index in [-0.39, 0.29) is 29.9 Å². The molecule has 0 fully saturated rings. The number of aryl methyl sites for hydroxylation is 1. The van der Waals surface area contributed by atoms with E-state index in [1.807, 2.05) is 18.2 Å². The third-order valence-corrected chi connectivity index (χ3v) is 4.66. The van der Waals surface area contributed by atoms with Gasteiger partial charge in [-0.3, -0.25) is 14.9 Å². The standard InChI is InChI=1S/C19H21N3O4/c1-12-8-17(22(24)25)18(26-3)10-15(12)20-19(23)11-21-13(2)9-14-6-4-5-7-16(14)21/h4-8,10,13H,9,11H2,1-3H3,(H,20,23)/t13-/m1/s1. The van der Waals surface area contributed by atoms with Crippen LogP contribution in [0.25, 0.3) is 0 Å². The van der Waals surface area contributed by atoms with Crippen LogP contribution in [0, 0.1) is 17.0 Å². The normalized spacial score (nSPS) is 15.5. The fourth-order valence-electron chi connectivity index (χ4n) is 3.33. The molecule has 1 atom stereocenters. The molecule has 7 heteroatoms. The summed E-state index contributed by atoms with van der Waals surface area (Å²) >= 11 is 0. The summed E-state index contributed by atoms with van der Waals surface area (Å²) in [6.07, 6.45) is 0.911. The Balaban J connectivity index is 1.78. The van der Waals surface area contributed by atoms with E-state index in [2.05, 4.69) is 23.2 Å². The van der Waals surface area contributed by atoms with Crippen molar-refractivity contribution in [3.63, 3.8) is 0 Å². The molecule has 7 nitrogen and oxygen atoms in total. The molecule has 0 spiro atoms. The van der Waals surface area contributed by atoms with Crippen molar-refractivity contribution >= 4 is 23.0 Å². The van der Waals surface area contributed by atoms with Gasteiger partial charge in [-0.05, 0) is 37.5 Å². The topological polar surface area (TPSA) is 84.7 Å². The predicted octanol–water partition coefficient (Wildman–Crippen LogP) is 3.30. The molecule has 1 aliphatic heterocycles. The Morgan fingerprint density at radius 2 is 2.12 bits per heavy atom. The van der Waals surface area contributed by atoms with Crippen molar-refractivity contribution in [1.82, 2.24) is 0 Å². The second-order valence-corrected chi connectivity index (χ2v) is 6.45. The maximum Gasteiger partial charge on any atom is 0.311 e. The first kappa shape index (κ1) is 17.7. The van der Waals surface area contributed by atoms with Crippen LogP contribution in [0.3, 0.4) is 0 Å². The maximum atomic E-state index is 12.6. The van der Waals surface area contributed by atoms with Gasteiger partial charge in [-0.15, -0.1) is 0 Å². The molecule has 0 saturated heterocycles. The van der Waals surface area contributed by atoms with Crippen LogP contribution in [0.5, 0.6) is 5.75 Å². The van der Waals surface area contributed by atoms with Gasteiger partial charge in [0.15, 0.2) is 5.75 Å².